The molecule has 6 nitrogen and oxygen atoms in total. The van der Waals surface area contributed by atoms with Crippen molar-refractivity contribution in [2.24, 2.45) is 0 Å². The molecule has 1 heterocycles. The van der Waals surface area contributed by atoms with Gasteiger partial charge in [0, 0.05) is 0 Å². The van der Waals surface area contributed by atoms with Crippen LogP contribution < -0.4 is 14.2 Å². The Hall–Kier alpha value is -2.36. The van der Waals surface area contributed by atoms with Crippen LogP contribution in [0.15, 0.2) is 58.3 Å². The Morgan fingerprint density at radius 3 is 2.19 bits per heavy atom. The Kier molecular flexibility index (Phi) is 5.30. The maximum absolute atomic E-state index is 12.3. The molecule has 0 radical (unpaired) electrons. The second kappa shape index (κ2) is 7.48. The van der Waals surface area contributed by atoms with E-state index in [1.807, 2.05) is 0 Å². The van der Waals surface area contributed by atoms with Crippen LogP contribution in [0.1, 0.15) is 5.56 Å². The first kappa shape index (κ1) is 18.4. The van der Waals surface area contributed by atoms with Gasteiger partial charge in [0.1, 0.15) is 20.7 Å². The molecule has 1 saturated heterocycles. The van der Waals surface area contributed by atoms with Gasteiger partial charge < -0.3 is 14.2 Å². The minimum absolute atomic E-state index is 0.0250. The minimum atomic E-state index is -3.95. The lowest BCUT2D eigenvalue weighted by Crippen LogP contribution is -2.17. The summed E-state index contributed by atoms with van der Waals surface area (Å²) in [6, 6.07) is 12.2. The maximum atomic E-state index is 12.3. The van der Waals surface area contributed by atoms with Crippen molar-refractivity contribution in [2.75, 3.05) is 7.11 Å². The summed E-state index contributed by atoms with van der Waals surface area (Å²) < 4.78 is 35.1. The van der Waals surface area contributed by atoms with E-state index in [2.05, 4.69) is 5.32 Å². The van der Waals surface area contributed by atoms with E-state index < -0.39 is 10.1 Å². The molecule has 9 heteroatoms. The van der Waals surface area contributed by atoms with Gasteiger partial charge in [-0.3, -0.25) is 4.79 Å². The number of hydrogen-bond donors (Lipinski definition) is 1. The van der Waals surface area contributed by atoms with Crippen LogP contribution in [0.4, 0.5) is 0 Å². The predicted octanol–water partition coefficient (Wildman–Crippen LogP) is 2.95. The Balaban J connectivity index is 1.75. The van der Waals surface area contributed by atoms with Crippen LogP contribution in [0.3, 0.4) is 0 Å². The highest BCUT2D eigenvalue weighted by Gasteiger charge is 2.22. The number of rotatable bonds is 5. The van der Waals surface area contributed by atoms with Gasteiger partial charge in [0.15, 0.2) is 0 Å². The molecule has 2 aromatic carbocycles. The number of ether oxygens (including phenoxy) is 1. The molecule has 0 bridgehead atoms. The largest absolute Gasteiger partial charge is 0.497 e. The standard InChI is InChI=1S/C17H13NO5S3/c1-22-12-6-8-14(9-7-12)26(20,21)23-13-4-2-11(3-5-13)10-15-16(19)18-17(24)25-15/h2-10H,1H3,(H,18,19,24). The molecule has 0 saturated carbocycles. The Bertz CT molecular complexity index is 980. The summed E-state index contributed by atoms with van der Waals surface area (Å²) in [6.07, 6.45) is 1.67. The summed E-state index contributed by atoms with van der Waals surface area (Å²) >= 11 is 6.11. The first-order valence-corrected chi connectivity index (χ1v) is 9.94. The highest BCUT2D eigenvalue weighted by Crippen LogP contribution is 2.27. The van der Waals surface area contributed by atoms with Crippen LogP contribution in [-0.2, 0) is 14.9 Å². The normalized spacial score (nSPS) is 15.8. The third kappa shape index (κ3) is 4.24. The SMILES string of the molecule is COc1ccc(S(=O)(=O)Oc2ccc(C=C3SC(=S)NC3=O)cc2)cc1. The molecule has 1 fully saturated rings. The second-order valence-electron chi connectivity index (χ2n) is 5.13. The van der Waals surface area contributed by atoms with Crippen molar-refractivity contribution in [3.63, 3.8) is 0 Å². The number of thioether (sulfide) groups is 1. The molecule has 0 spiro atoms. The molecule has 0 atom stereocenters. The monoisotopic (exact) mass is 407 g/mol. The van der Waals surface area contributed by atoms with Gasteiger partial charge in [-0.15, -0.1) is 0 Å². The van der Waals surface area contributed by atoms with E-state index in [4.69, 9.17) is 21.1 Å². The lowest BCUT2D eigenvalue weighted by molar-refractivity contribution is -0.115. The molecule has 134 valence electrons. The van der Waals surface area contributed by atoms with Crippen molar-refractivity contribution in [1.29, 1.82) is 0 Å². The number of benzene rings is 2. The van der Waals surface area contributed by atoms with Crippen molar-refractivity contribution in [3.05, 3.63) is 59.0 Å². The highest BCUT2D eigenvalue weighted by atomic mass is 32.2. The Morgan fingerprint density at radius 2 is 1.65 bits per heavy atom. The van der Waals surface area contributed by atoms with Gasteiger partial charge in [-0.05, 0) is 48.0 Å². The first-order valence-electron chi connectivity index (χ1n) is 7.31. The van der Waals surface area contributed by atoms with E-state index in [0.29, 0.717) is 15.0 Å². The summed E-state index contributed by atoms with van der Waals surface area (Å²) in [4.78, 5) is 12.2. The zero-order valence-electron chi connectivity index (χ0n) is 13.5. The third-order valence-electron chi connectivity index (χ3n) is 3.37. The number of amides is 1. The van der Waals surface area contributed by atoms with E-state index in [1.54, 1.807) is 30.3 Å². The van der Waals surface area contributed by atoms with Gasteiger partial charge in [0.25, 0.3) is 5.91 Å². The summed E-state index contributed by atoms with van der Waals surface area (Å²) in [5, 5.41) is 2.53. The average molecular weight is 407 g/mol. The molecule has 1 aliphatic heterocycles. The number of carbonyl (C=O) groups is 1. The van der Waals surface area contributed by atoms with E-state index in [1.165, 1.54) is 43.1 Å². The summed E-state index contributed by atoms with van der Waals surface area (Å²) in [5.41, 5.74) is 0.724. The molecule has 26 heavy (non-hydrogen) atoms. The van der Waals surface area contributed by atoms with Gasteiger partial charge in [-0.2, -0.15) is 8.42 Å². The molecule has 0 aliphatic carbocycles. The van der Waals surface area contributed by atoms with Crippen molar-refractivity contribution < 1.29 is 22.1 Å². The lowest BCUT2D eigenvalue weighted by Gasteiger charge is -2.08. The lowest BCUT2D eigenvalue weighted by atomic mass is 10.2. The van der Waals surface area contributed by atoms with Crippen LogP contribution in [0.25, 0.3) is 6.08 Å². The Labute approximate surface area is 160 Å². The number of methoxy groups -OCH3 is 1. The first-order chi connectivity index (χ1) is 12.4. The van der Waals surface area contributed by atoms with Crippen LogP contribution in [-0.4, -0.2) is 25.8 Å². The fourth-order valence-corrected chi connectivity index (χ4v) is 4.08. The number of thiocarbonyl (C=S) groups is 1. The molecule has 1 N–H and O–H groups in total. The average Bonchev–Trinajstić information content (AvgIpc) is 2.93. The maximum Gasteiger partial charge on any atom is 0.339 e. The Morgan fingerprint density at radius 1 is 1.04 bits per heavy atom. The zero-order chi connectivity index (χ0) is 18.7. The fourth-order valence-electron chi connectivity index (χ4n) is 2.11. The second-order valence-corrected chi connectivity index (χ2v) is 8.40. The summed E-state index contributed by atoms with van der Waals surface area (Å²) in [5.74, 6) is 0.471. The van der Waals surface area contributed by atoms with Crippen molar-refractivity contribution in [3.8, 4) is 11.5 Å². The van der Waals surface area contributed by atoms with E-state index in [9.17, 15) is 13.2 Å². The van der Waals surface area contributed by atoms with E-state index in [0.717, 1.165) is 5.56 Å². The summed E-state index contributed by atoms with van der Waals surface area (Å²) in [6.45, 7) is 0. The fraction of sp³-hybridized carbons (Fsp3) is 0.0588. The van der Waals surface area contributed by atoms with E-state index in [-0.39, 0.29) is 16.6 Å². The quantitative estimate of drug-likeness (QED) is 0.464. The zero-order valence-corrected chi connectivity index (χ0v) is 15.9. The van der Waals surface area contributed by atoms with Crippen LogP contribution in [0.2, 0.25) is 0 Å². The van der Waals surface area contributed by atoms with Crippen molar-refractivity contribution >= 4 is 50.4 Å². The molecule has 1 amide bonds. The smallest absolute Gasteiger partial charge is 0.339 e. The molecular formula is C17H13NO5S3. The molecule has 3 rings (SSSR count). The van der Waals surface area contributed by atoms with Crippen LogP contribution in [0.5, 0.6) is 11.5 Å². The number of carbonyl (C=O) groups excluding carboxylic acids is 1. The van der Waals surface area contributed by atoms with Gasteiger partial charge in [-0.1, -0.05) is 36.1 Å². The highest BCUT2D eigenvalue weighted by molar-refractivity contribution is 8.26. The predicted molar refractivity (Wildman–Crippen MR) is 104 cm³/mol. The molecule has 0 aromatic heterocycles. The van der Waals surface area contributed by atoms with Crippen LogP contribution >= 0.6 is 24.0 Å². The van der Waals surface area contributed by atoms with Gasteiger partial charge >= 0.3 is 10.1 Å². The van der Waals surface area contributed by atoms with Gasteiger partial charge in [0.05, 0.1) is 12.0 Å². The van der Waals surface area contributed by atoms with Crippen molar-refractivity contribution in [2.45, 2.75) is 4.90 Å². The molecular weight excluding hydrogens is 394 g/mol. The topological polar surface area (TPSA) is 81.7 Å². The summed E-state index contributed by atoms with van der Waals surface area (Å²) in [7, 11) is -2.45. The minimum Gasteiger partial charge on any atom is -0.497 e. The van der Waals surface area contributed by atoms with E-state index >= 15 is 0 Å². The molecule has 2 aromatic rings. The van der Waals surface area contributed by atoms with Crippen molar-refractivity contribution in [1.82, 2.24) is 5.32 Å². The number of nitrogens with one attached hydrogen (secondary N) is 1. The van der Waals surface area contributed by atoms with Gasteiger partial charge in [0.2, 0.25) is 0 Å². The third-order valence-corrected chi connectivity index (χ3v) is 5.80. The van der Waals surface area contributed by atoms with Gasteiger partial charge in [-0.25, -0.2) is 0 Å². The van der Waals surface area contributed by atoms with Crippen LogP contribution in [0, 0.1) is 0 Å². The number of hydrogen-bond acceptors (Lipinski definition) is 7. The molecule has 1 aliphatic rings. The molecule has 0 unspecified atom stereocenters.